The van der Waals surface area contributed by atoms with E-state index in [-0.39, 0.29) is 23.6 Å². The van der Waals surface area contributed by atoms with Crippen molar-refractivity contribution in [2.75, 3.05) is 6.61 Å². The Bertz CT molecular complexity index is 241. The first-order valence-corrected chi connectivity index (χ1v) is 6.12. The van der Waals surface area contributed by atoms with Crippen LogP contribution in [0.4, 0.5) is 0 Å². The van der Waals surface area contributed by atoms with Crippen molar-refractivity contribution in [2.45, 2.75) is 64.1 Å². The van der Waals surface area contributed by atoms with Gasteiger partial charge in [0.2, 0.25) is 5.91 Å². The van der Waals surface area contributed by atoms with Gasteiger partial charge < -0.3 is 15.8 Å². The van der Waals surface area contributed by atoms with Crippen LogP contribution in [0, 0.1) is 0 Å². The summed E-state index contributed by atoms with van der Waals surface area (Å²) in [7, 11) is 0. The van der Waals surface area contributed by atoms with Crippen LogP contribution in [-0.2, 0) is 9.53 Å². The molecule has 0 radical (unpaired) electrons. The van der Waals surface area contributed by atoms with E-state index in [9.17, 15) is 4.79 Å². The third kappa shape index (κ3) is 4.49. The van der Waals surface area contributed by atoms with Gasteiger partial charge in [-0.15, -0.1) is 0 Å². The fourth-order valence-electron chi connectivity index (χ4n) is 2.02. The van der Waals surface area contributed by atoms with Crippen molar-refractivity contribution in [1.82, 2.24) is 5.32 Å². The van der Waals surface area contributed by atoms with Gasteiger partial charge in [0.05, 0.1) is 5.60 Å². The Morgan fingerprint density at radius 2 is 2.31 bits per heavy atom. The fraction of sp³-hybridized carbons (Fsp3) is 0.917. The summed E-state index contributed by atoms with van der Waals surface area (Å²) in [5, 5.41) is 3.04. The van der Waals surface area contributed by atoms with Gasteiger partial charge in [-0.05, 0) is 33.1 Å². The van der Waals surface area contributed by atoms with E-state index in [1.54, 1.807) is 0 Å². The maximum atomic E-state index is 11.7. The molecule has 2 unspecified atom stereocenters. The predicted molar refractivity (Wildman–Crippen MR) is 64.1 cm³/mol. The van der Waals surface area contributed by atoms with Gasteiger partial charge in [0, 0.05) is 25.1 Å². The van der Waals surface area contributed by atoms with Gasteiger partial charge >= 0.3 is 0 Å². The average Bonchev–Trinajstić information content (AvgIpc) is 2.15. The minimum atomic E-state index is -0.122. The summed E-state index contributed by atoms with van der Waals surface area (Å²) in [5.41, 5.74) is 5.62. The summed E-state index contributed by atoms with van der Waals surface area (Å²) < 4.78 is 5.60. The zero-order valence-electron chi connectivity index (χ0n) is 10.6. The highest BCUT2D eigenvalue weighted by Crippen LogP contribution is 2.23. The standard InChI is InChI=1S/C12H24N2O2/c1-4-9(13)7-11(15)14-10-5-6-16-12(2,3)8-10/h9-10H,4-8,13H2,1-3H3,(H,14,15). The Hall–Kier alpha value is -0.610. The number of ether oxygens (including phenoxy) is 1. The van der Waals surface area contributed by atoms with Crippen molar-refractivity contribution in [1.29, 1.82) is 0 Å². The normalized spacial score (nSPS) is 26.1. The van der Waals surface area contributed by atoms with E-state index >= 15 is 0 Å². The largest absolute Gasteiger partial charge is 0.375 e. The highest BCUT2D eigenvalue weighted by molar-refractivity contribution is 5.76. The first-order valence-electron chi connectivity index (χ1n) is 6.12. The number of carbonyl (C=O) groups is 1. The summed E-state index contributed by atoms with van der Waals surface area (Å²) in [6.07, 6.45) is 3.04. The minimum absolute atomic E-state index is 0.0205. The molecule has 16 heavy (non-hydrogen) atoms. The number of carbonyl (C=O) groups excluding carboxylic acids is 1. The number of nitrogens with one attached hydrogen (secondary N) is 1. The molecule has 0 aromatic heterocycles. The van der Waals surface area contributed by atoms with E-state index in [1.165, 1.54) is 0 Å². The lowest BCUT2D eigenvalue weighted by Gasteiger charge is -2.35. The van der Waals surface area contributed by atoms with Gasteiger partial charge in [-0.3, -0.25) is 4.79 Å². The summed E-state index contributed by atoms with van der Waals surface area (Å²) in [4.78, 5) is 11.7. The molecule has 1 heterocycles. The van der Waals surface area contributed by atoms with Crippen LogP contribution in [0.3, 0.4) is 0 Å². The molecule has 1 aliphatic heterocycles. The van der Waals surface area contributed by atoms with E-state index in [0.717, 1.165) is 25.9 Å². The molecule has 0 spiro atoms. The first-order chi connectivity index (χ1) is 7.43. The van der Waals surface area contributed by atoms with Gasteiger partial charge in [0.15, 0.2) is 0 Å². The van der Waals surface area contributed by atoms with Gasteiger partial charge in [-0.25, -0.2) is 0 Å². The van der Waals surface area contributed by atoms with Crippen LogP contribution in [-0.4, -0.2) is 30.2 Å². The van der Waals surface area contributed by atoms with Crippen molar-refractivity contribution in [3.05, 3.63) is 0 Å². The molecule has 1 saturated heterocycles. The van der Waals surface area contributed by atoms with Gasteiger partial charge in [-0.1, -0.05) is 6.92 Å². The molecular weight excluding hydrogens is 204 g/mol. The van der Waals surface area contributed by atoms with Gasteiger partial charge in [0.25, 0.3) is 0 Å². The molecule has 0 aromatic rings. The Balaban J connectivity index is 2.33. The second kappa shape index (κ2) is 5.64. The summed E-state index contributed by atoms with van der Waals surface area (Å²) in [5.74, 6) is 0.0667. The molecule has 1 aliphatic rings. The van der Waals surface area contributed by atoms with E-state index in [1.807, 2.05) is 6.92 Å². The molecule has 0 aliphatic carbocycles. The molecule has 0 bridgehead atoms. The van der Waals surface area contributed by atoms with E-state index in [2.05, 4.69) is 19.2 Å². The van der Waals surface area contributed by atoms with E-state index in [0.29, 0.717) is 6.42 Å². The zero-order valence-corrected chi connectivity index (χ0v) is 10.6. The molecule has 1 fully saturated rings. The highest BCUT2D eigenvalue weighted by Gasteiger charge is 2.29. The maximum absolute atomic E-state index is 11.7. The molecule has 2 atom stereocenters. The van der Waals surface area contributed by atoms with Crippen LogP contribution in [0.1, 0.15) is 46.5 Å². The SMILES string of the molecule is CCC(N)CC(=O)NC1CCOC(C)(C)C1. The number of amides is 1. The number of hydrogen-bond donors (Lipinski definition) is 2. The van der Waals surface area contributed by atoms with Crippen molar-refractivity contribution >= 4 is 5.91 Å². The molecule has 94 valence electrons. The Labute approximate surface area is 97.9 Å². The third-order valence-corrected chi connectivity index (χ3v) is 3.03. The summed E-state index contributed by atoms with van der Waals surface area (Å²) in [6, 6.07) is 0.216. The summed E-state index contributed by atoms with van der Waals surface area (Å²) >= 11 is 0. The molecule has 0 saturated carbocycles. The highest BCUT2D eigenvalue weighted by atomic mass is 16.5. The van der Waals surface area contributed by atoms with Crippen molar-refractivity contribution < 1.29 is 9.53 Å². The zero-order chi connectivity index (χ0) is 12.2. The quantitative estimate of drug-likeness (QED) is 0.759. The average molecular weight is 228 g/mol. The molecule has 1 rings (SSSR count). The molecule has 1 amide bonds. The lowest BCUT2D eigenvalue weighted by atomic mass is 9.94. The van der Waals surface area contributed by atoms with E-state index in [4.69, 9.17) is 10.5 Å². The fourth-order valence-corrected chi connectivity index (χ4v) is 2.02. The summed E-state index contributed by atoms with van der Waals surface area (Å²) in [6.45, 7) is 6.83. The minimum Gasteiger partial charge on any atom is -0.375 e. The number of hydrogen-bond acceptors (Lipinski definition) is 3. The van der Waals surface area contributed by atoms with Gasteiger partial charge in [0.1, 0.15) is 0 Å². The molecule has 0 aromatic carbocycles. The Kier molecular flexibility index (Phi) is 4.74. The topological polar surface area (TPSA) is 64.4 Å². The lowest BCUT2D eigenvalue weighted by Crippen LogP contribution is -2.46. The number of nitrogens with two attached hydrogens (primary N) is 1. The van der Waals surface area contributed by atoms with Crippen LogP contribution in [0.2, 0.25) is 0 Å². The van der Waals surface area contributed by atoms with Crippen LogP contribution < -0.4 is 11.1 Å². The van der Waals surface area contributed by atoms with Crippen LogP contribution in [0.5, 0.6) is 0 Å². The number of rotatable bonds is 4. The monoisotopic (exact) mass is 228 g/mol. The van der Waals surface area contributed by atoms with Crippen molar-refractivity contribution in [3.8, 4) is 0 Å². The third-order valence-electron chi connectivity index (χ3n) is 3.03. The second-order valence-corrected chi connectivity index (χ2v) is 5.24. The van der Waals surface area contributed by atoms with Crippen LogP contribution in [0.25, 0.3) is 0 Å². The Morgan fingerprint density at radius 1 is 1.62 bits per heavy atom. The molecule has 3 N–H and O–H groups in total. The van der Waals surface area contributed by atoms with E-state index < -0.39 is 0 Å². The lowest BCUT2D eigenvalue weighted by molar-refractivity contribution is -0.124. The van der Waals surface area contributed by atoms with Crippen molar-refractivity contribution in [2.24, 2.45) is 5.73 Å². The predicted octanol–water partition coefficient (Wildman–Crippen LogP) is 1.19. The molecule has 4 nitrogen and oxygen atoms in total. The van der Waals surface area contributed by atoms with Crippen LogP contribution in [0.15, 0.2) is 0 Å². The van der Waals surface area contributed by atoms with Crippen LogP contribution >= 0.6 is 0 Å². The maximum Gasteiger partial charge on any atom is 0.221 e. The van der Waals surface area contributed by atoms with Gasteiger partial charge in [-0.2, -0.15) is 0 Å². The first kappa shape index (κ1) is 13.5. The smallest absolute Gasteiger partial charge is 0.221 e. The molecule has 4 heteroatoms. The second-order valence-electron chi connectivity index (χ2n) is 5.24. The Morgan fingerprint density at radius 3 is 2.88 bits per heavy atom. The van der Waals surface area contributed by atoms with Crippen molar-refractivity contribution in [3.63, 3.8) is 0 Å². The molecular formula is C12H24N2O2.